The molecule has 1 heterocycles. The maximum atomic E-state index is 10.5. The SMILES string of the molecule is CN(CCC(=O)O)c1nnc(-c2cc(Cl)cc(Cl)c2)s1. The Kier molecular flexibility index (Phi) is 4.80. The van der Waals surface area contributed by atoms with E-state index in [2.05, 4.69) is 10.2 Å². The molecule has 0 aliphatic carbocycles. The van der Waals surface area contributed by atoms with Gasteiger partial charge in [-0.05, 0) is 18.2 Å². The minimum atomic E-state index is -0.844. The first-order valence-electron chi connectivity index (χ1n) is 5.68. The van der Waals surface area contributed by atoms with Crippen LogP contribution < -0.4 is 4.90 Å². The van der Waals surface area contributed by atoms with E-state index in [1.165, 1.54) is 11.3 Å². The predicted molar refractivity (Wildman–Crippen MR) is 80.9 cm³/mol. The van der Waals surface area contributed by atoms with E-state index in [9.17, 15) is 4.79 Å². The Morgan fingerprint density at radius 3 is 2.55 bits per heavy atom. The van der Waals surface area contributed by atoms with Crippen molar-refractivity contribution in [3.63, 3.8) is 0 Å². The van der Waals surface area contributed by atoms with Crippen molar-refractivity contribution >= 4 is 45.6 Å². The third kappa shape index (κ3) is 3.82. The molecular formula is C12H11Cl2N3O2S. The highest BCUT2D eigenvalue weighted by Gasteiger charge is 2.12. The van der Waals surface area contributed by atoms with Gasteiger partial charge in [0.05, 0.1) is 6.42 Å². The standard InChI is InChI=1S/C12H11Cl2N3O2S/c1-17(3-2-10(18)19)12-16-15-11(20-12)7-4-8(13)6-9(14)5-7/h4-6H,2-3H2,1H3,(H,18,19). The molecule has 1 aromatic heterocycles. The number of halogens is 2. The molecule has 0 atom stereocenters. The molecule has 8 heteroatoms. The number of benzene rings is 1. The van der Waals surface area contributed by atoms with E-state index < -0.39 is 5.97 Å². The number of carbonyl (C=O) groups is 1. The first-order chi connectivity index (χ1) is 9.45. The lowest BCUT2D eigenvalue weighted by Crippen LogP contribution is -2.20. The lowest BCUT2D eigenvalue weighted by molar-refractivity contribution is -0.136. The fourth-order valence-electron chi connectivity index (χ4n) is 1.52. The normalized spacial score (nSPS) is 10.6. The second-order valence-electron chi connectivity index (χ2n) is 4.11. The van der Waals surface area contributed by atoms with Crippen molar-refractivity contribution < 1.29 is 9.90 Å². The van der Waals surface area contributed by atoms with E-state index in [1.807, 2.05) is 0 Å². The Balaban J connectivity index is 2.17. The minimum Gasteiger partial charge on any atom is -0.481 e. The van der Waals surface area contributed by atoms with Gasteiger partial charge < -0.3 is 10.0 Å². The van der Waals surface area contributed by atoms with Crippen LogP contribution in [0.5, 0.6) is 0 Å². The average Bonchev–Trinajstić information content (AvgIpc) is 2.84. The predicted octanol–water partition coefficient (Wildman–Crippen LogP) is 3.42. The van der Waals surface area contributed by atoms with Crippen molar-refractivity contribution in [1.82, 2.24) is 10.2 Å². The molecule has 0 amide bonds. The molecule has 0 saturated carbocycles. The third-order valence-corrected chi connectivity index (χ3v) is 4.03. The summed E-state index contributed by atoms with van der Waals surface area (Å²) in [5, 5.41) is 19.2. The summed E-state index contributed by atoms with van der Waals surface area (Å²) in [6.45, 7) is 0.375. The Morgan fingerprint density at radius 1 is 1.30 bits per heavy atom. The van der Waals surface area contributed by atoms with E-state index in [1.54, 1.807) is 30.1 Å². The smallest absolute Gasteiger partial charge is 0.305 e. The van der Waals surface area contributed by atoms with Gasteiger partial charge in [0.15, 0.2) is 0 Å². The first kappa shape index (κ1) is 15.0. The summed E-state index contributed by atoms with van der Waals surface area (Å²) in [6.07, 6.45) is 0.0500. The molecule has 106 valence electrons. The number of anilines is 1. The van der Waals surface area contributed by atoms with Crippen molar-refractivity contribution in [1.29, 1.82) is 0 Å². The largest absolute Gasteiger partial charge is 0.481 e. The van der Waals surface area contributed by atoms with Gasteiger partial charge in [-0.15, -0.1) is 10.2 Å². The molecule has 20 heavy (non-hydrogen) atoms. The van der Waals surface area contributed by atoms with Gasteiger partial charge in [-0.1, -0.05) is 34.5 Å². The summed E-state index contributed by atoms with van der Waals surface area (Å²) in [7, 11) is 1.78. The van der Waals surface area contributed by atoms with Crippen LogP contribution >= 0.6 is 34.5 Å². The van der Waals surface area contributed by atoms with E-state index in [0.717, 1.165) is 5.56 Å². The molecule has 1 aromatic carbocycles. The van der Waals surface area contributed by atoms with Crippen LogP contribution in [0.15, 0.2) is 18.2 Å². The zero-order valence-electron chi connectivity index (χ0n) is 10.5. The van der Waals surface area contributed by atoms with Crippen LogP contribution in [-0.2, 0) is 4.79 Å². The van der Waals surface area contributed by atoms with Crippen molar-refractivity contribution in [3.05, 3.63) is 28.2 Å². The number of rotatable bonds is 5. The fourth-order valence-corrected chi connectivity index (χ4v) is 2.87. The van der Waals surface area contributed by atoms with E-state index in [0.29, 0.717) is 26.7 Å². The summed E-state index contributed by atoms with van der Waals surface area (Å²) in [4.78, 5) is 12.3. The Hall–Kier alpha value is -1.37. The van der Waals surface area contributed by atoms with Gasteiger partial charge in [-0.2, -0.15) is 0 Å². The highest BCUT2D eigenvalue weighted by molar-refractivity contribution is 7.18. The van der Waals surface area contributed by atoms with Gasteiger partial charge in [-0.25, -0.2) is 0 Å². The molecule has 2 aromatic rings. The quantitative estimate of drug-likeness (QED) is 0.909. The van der Waals surface area contributed by atoms with Crippen molar-refractivity contribution in [2.24, 2.45) is 0 Å². The zero-order valence-corrected chi connectivity index (χ0v) is 12.8. The molecule has 0 aliphatic heterocycles. The third-order valence-electron chi connectivity index (χ3n) is 2.51. The molecule has 5 nitrogen and oxygen atoms in total. The Morgan fingerprint density at radius 2 is 1.95 bits per heavy atom. The van der Waals surface area contributed by atoms with Crippen molar-refractivity contribution in [3.8, 4) is 10.6 Å². The number of carboxylic acid groups (broad SMARTS) is 1. The van der Waals surface area contributed by atoms with Gasteiger partial charge in [0.2, 0.25) is 5.13 Å². The molecule has 0 unspecified atom stereocenters. The summed E-state index contributed by atoms with van der Waals surface area (Å²) in [6, 6.07) is 5.16. The fraction of sp³-hybridized carbons (Fsp3) is 0.250. The molecule has 0 saturated heterocycles. The maximum Gasteiger partial charge on any atom is 0.305 e. The highest BCUT2D eigenvalue weighted by Crippen LogP contribution is 2.31. The number of carboxylic acids is 1. The molecule has 0 aliphatic rings. The minimum absolute atomic E-state index is 0.0500. The average molecular weight is 332 g/mol. The Labute approximate surface area is 129 Å². The van der Waals surface area contributed by atoms with Gasteiger partial charge in [0.1, 0.15) is 5.01 Å². The molecule has 0 radical (unpaired) electrons. The first-order valence-corrected chi connectivity index (χ1v) is 7.26. The van der Waals surface area contributed by atoms with Crippen LogP contribution in [0.1, 0.15) is 6.42 Å². The van der Waals surface area contributed by atoms with Crippen molar-refractivity contribution in [2.75, 3.05) is 18.5 Å². The topological polar surface area (TPSA) is 66.3 Å². The van der Waals surface area contributed by atoms with E-state index in [-0.39, 0.29) is 6.42 Å². The van der Waals surface area contributed by atoms with Crippen LogP contribution in [0.2, 0.25) is 10.0 Å². The number of hydrogen-bond acceptors (Lipinski definition) is 5. The molecule has 0 spiro atoms. The molecule has 0 bridgehead atoms. The van der Waals surface area contributed by atoms with Gasteiger partial charge in [0.25, 0.3) is 0 Å². The summed E-state index contributed by atoms with van der Waals surface area (Å²) >= 11 is 13.3. The zero-order chi connectivity index (χ0) is 14.7. The highest BCUT2D eigenvalue weighted by atomic mass is 35.5. The van der Waals surface area contributed by atoms with E-state index in [4.69, 9.17) is 28.3 Å². The summed E-state index contributed by atoms with van der Waals surface area (Å²) in [5.41, 5.74) is 0.790. The summed E-state index contributed by atoms with van der Waals surface area (Å²) < 4.78 is 0. The van der Waals surface area contributed by atoms with Crippen LogP contribution in [0.4, 0.5) is 5.13 Å². The van der Waals surface area contributed by atoms with Gasteiger partial charge >= 0.3 is 5.97 Å². The molecule has 1 N–H and O–H groups in total. The van der Waals surface area contributed by atoms with Crippen LogP contribution in [-0.4, -0.2) is 34.9 Å². The monoisotopic (exact) mass is 331 g/mol. The second kappa shape index (κ2) is 6.39. The van der Waals surface area contributed by atoms with Gasteiger partial charge in [-0.3, -0.25) is 4.79 Å². The lowest BCUT2D eigenvalue weighted by atomic mass is 10.2. The van der Waals surface area contributed by atoms with Crippen LogP contribution in [0.25, 0.3) is 10.6 Å². The van der Waals surface area contributed by atoms with Crippen molar-refractivity contribution in [2.45, 2.75) is 6.42 Å². The molecule has 2 rings (SSSR count). The number of nitrogens with zero attached hydrogens (tertiary/aromatic N) is 3. The summed E-state index contributed by atoms with van der Waals surface area (Å²) in [5.74, 6) is -0.844. The number of hydrogen-bond donors (Lipinski definition) is 1. The lowest BCUT2D eigenvalue weighted by Gasteiger charge is -2.12. The second-order valence-corrected chi connectivity index (χ2v) is 5.94. The molecule has 0 fully saturated rings. The van der Waals surface area contributed by atoms with E-state index >= 15 is 0 Å². The van der Waals surface area contributed by atoms with Crippen LogP contribution in [0.3, 0.4) is 0 Å². The van der Waals surface area contributed by atoms with Gasteiger partial charge in [0, 0.05) is 29.2 Å². The van der Waals surface area contributed by atoms with Crippen LogP contribution in [0, 0.1) is 0 Å². The number of aromatic nitrogens is 2. The Bertz CT molecular complexity index is 613. The molecular weight excluding hydrogens is 321 g/mol. The number of aliphatic carboxylic acids is 1. The maximum absolute atomic E-state index is 10.5.